The summed E-state index contributed by atoms with van der Waals surface area (Å²) in [6.45, 7) is 0.615. The lowest BCUT2D eigenvalue weighted by atomic mass is 10.2. The number of aromatic nitrogens is 2. The van der Waals surface area contributed by atoms with Gasteiger partial charge in [0.2, 0.25) is 0 Å². The molecule has 0 aliphatic carbocycles. The van der Waals surface area contributed by atoms with Crippen molar-refractivity contribution in [3.63, 3.8) is 0 Å². The Bertz CT molecular complexity index is 457. The highest BCUT2D eigenvalue weighted by Crippen LogP contribution is 2.18. The van der Waals surface area contributed by atoms with Gasteiger partial charge < -0.3 is 5.73 Å². The lowest BCUT2D eigenvalue weighted by Crippen LogP contribution is -2.37. The molecular formula is C8H11N3O2. The maximum Gasteiger partial charge on any atom is 0.330 e. The van der Waals surface area contributed by atoms with Gasteiger partial charge in [-0.1, -0.05) is 0 Å². The molecule has 1 aromatic rings. The first-order chi connectivity index (χ1) is 6.11. The molecule has 0 saturated carbocycles. The van der Waals surface area contributed by atoms with Crippen molar-refractivity contribution < 1.29 is 0 Å². The van der Waals surface area contributed by atoms with Gasteiger partial charge in [0.25, 0.3) is 5.56 Å². The lowest BCUT2D eigenvalue weighted by Gasteiger charge is -2.05. The minimum Gasteiger partial charge on any atom is -0.323 e. The van der Waals surface area contributed by atoms with E-state index in [-0.39, 0.29) is 17.3 Å². The predicted molar refractivity (Wildman–Crippen MR) is 47.5 cm³/mol. The molecule has 70 valence electrons. The first-order valence-electron chi connectivity index (χ1n) is 4.17. The van der Waals surface area contributed by atoms with E-state index >= 15 is 0 Å². The second kappa shape index (κ2) is 2.56. The van der Waals surface area contributed by atoms with Crippen molar-refractivity contribution in [2.45, 2.75) is 19.0 Å². The van der Waals surface area contributed by atoms with Crippen LogP contribution in [0.3, 0.4) is 0 Å². The number of hydrogen-bond acceptors (Lipinski definition) is 3. The Kier molecular flexibility index (Phi) is 1.63. The highest BCUT2D eigenvalue weighted by atomic mass is 16.2. The lowest BCUT2D eigenvalue weighted by molar-refractivity contribution is 0.630. The standard InChI is InChI=1S/C8H11N3O2/c1-10-7(12)4-6-5(9)2-3-11(6)8(10)13/h4-5H,2-3,9H2,1H3/t5-/m0/s1. The Balaban J connectivity index is 2.82. The van der Waals surface area contributed by atoms with Crippen molar-refractivity contribution >= 4 is 0 Å². The van der Waals surface area contributed by atoms with Gasteiger partial charge in [-0.3, -0.25) is 13.9 Å². The van der Waals surface area contributed by atoms with Gasteiger partial charge >= 0.3 is 5.69 Å². The molecule has 1 atom stereocenters. The molecule has 0 fully saturated rings. The molecule has 0 bridgehead atoms. The Morgan fingerprint density at radius 1 is 1.54 bits per heavy atom. The summed E-state index contributed by atoms with van der Waals surface area (Å²) in [4.78, 5) is 22.7. The summed E-state index contributed by atoms with van der Waals surface area (Å²) in [5, 5.41) is 0. The number of hydrogen-bond donors (Lipinski definition) is 1. The van der Waals surface area contributed by atoms with Crippen molar-refractivity contribution in [1.82, 2.24) is 9.13 Å². The van der Waals surface area contributed by atoms with Gasteiger partial charge in [0, 0.05) is 31.4 Å². The summed E-state index contributed by atoms with van der Waals surface area (Å²) in [6, 6.07) is 1.28. The molecule has 0 unspecified atom stereocenters. The number of fused-ring (bicyclic) bond motifs is 1. The molecule has 0 aromatic carbocycles. The molecule has 5 nitrogen and oxygen atoms in total. The summed E-state index contributed by atoms with van der Waals surface area (Å²) in [6.07, 6.45) is 0.735. The van der Waals surface area contributed by atoms with Crippen molar-refractivity contribution in [1.29, 1.82) is 0 Å². The molecule has 2 N–H and O–H groups in total. The molecule has 0 amide bonds. The van der Waals surface area contributed by atoms with E-state index in [1.165, 1.54) is 13.1 Å². The van der Waals surface area contributed by atoms with Crippen LogP contribution in [0.4, 0.5) is 0 Å². The van der Waals surface area contributed by atoms with Crippen molar-refractivity contribution in [3.05, 3.63) is 32.6 Å². The van der Waals surface area contributed by atoms with Crippen LogP contribution in [0, 0.1) is 0 Å². The average molecular weight is 181 g/mol. The van der Waals surface area contributed by atoms with Crippen LogP contribution in [0.5, 0.6) is 0 Å². The highest BCUT2D eigenvalue weighted by Gasteiger charge is 2.21. The maximum absolute atomic E-state index is 11.5. The summed E-state index contributed by atoms with van der Waals surface area (Å²) < 4.78 is 2.66. The normalized spacial score (nSPS) is 20.3. The fraction of sp³-hybridized carbons (Fsp3) is 0.500. The molecule has 1 aliphatic rings. The van der Waals surface area contributed by atoms with E-state index in [2.05, 4.69) is 0 Å². The fourth-order valence-corrected chi connectivity index (χ4v) is 1.64. The molecule has 0 saturated heterocycles. The van der Waals surface area contributed by atoms with Gasteiger partial charge in [-0.2, -0.15) is 0 Å². The largest absolute Gasteiger partial charge is 0.330 e. The van der Waals surface area contributed by atoms with Gasteiger partial charge in [-0.25, -0.2) is 4.79 Å². The number of rotatable bonds is 0. The number of nitrogens with two attached hydrogens (primary N) is 1. The quantitative estimate of drug-likeness (QED) is 0.555. The van der Waals surface area contributed by atoms with Crippen LogP contribution < -0.4 is 17.0 Å². The van der Waals surface area contributed by atoms with E-state index in [0.717, 1.165) is 11.0 Å². The van der Waals surface area contributed by atoms with Gasteiger partial charge in [-0.15, -0.1) is 0 Å². The number of nitrogens with zero attached hydrogens (tertiary/aromatic N) is 2. The van der Waals surface area contributed by atoms with Crippen molar-refractivity contribution in [2.24, 2.45) is 12.8 Å². The van der Waals surface area contributed by atoms with E-state index in [0.29, 0.717) is 12.2 Å². The molecule has 1 aromatic heterocycles. The Morgan fingerprint density at radius 3 is 2.92 bits per heavy atom. The zero-order valence-electron chi connectivity index (χ0n) is 7.36. The van der Waals surface area contributed by atoms with Crippen LogP contribution in [0.2, 0.25) is 0 Å². The molecule has 2 heterocycles. The topological polar surface area (TPSA) is 70.0 Å². The van der Waals surface area contributed by atoms with Crippen LogP contribution in [0.1, 0.15) is 18.2 Å². The zero-order chi connectivity index (χ0) is 9.59. The highest BCUT2D eigenvalue weighted by molar-refractivity contribution is 5.11. The van der Waals surface area contributed by atoms with Crippen molar-refractivity contribution in [3.8, 4) is 0 Å². The summed E-state index contributed by atoms with van der Waals surface area (Å²) >= 11 is 0. The molecule has 13 heavy (non-hydrogen) atoms. The van der Waals surface area contributed by atoms with Crippen LogP contribution in [-0.4, -0.2) is 9.13 Å². The molecule has 5 heteroatoms. The van der Waals surface area contributed by atoms with E-state index in [1.807, 2.05) is 0 Å². The smallest absolute Gasteiger partial charge is 0.323 e. The monoisotopic (exact) mass is 181 g/mol. The molecular weight excluding hydrogens is 170 g/mol. The molecule has 2 rings (SSSR count). The summed E-state index contributed by atoms with van der Waals surface area (Å²) in [7, 11) is 1.47. The van der Waals surface area contributed by atoms with Crippen LogP contribution in [-0.2, 0) is 13.6 Å². The third-order valence-electron chi connectivity index (χ3n) is 2.48. The van der Waals surface area contributed by atoms with Gasteiger partial charge in [0.05, 0.1) is 0 Å². The summed E-state index contributed by atoms with van der Waals surface area (Å²) in [5.41, 5.74) is 5.83. The van der Waals surface area contributed by atoms with Crippen LogP contribution in [0.25, 0.3) is 0 Å². The minimum absolute atomic E-state index is 0.165. The van der Waals surface area contributed by atoms with E-state index in [9.17, 15) is 9.59 Å². The predicted octanol–water partition coefficient (Wildman–Crippen LogP) is -1.05. The zero-order valence-corrected chi connectivity index (χ0v) is 7.36. The first kappa shape index (κ1) is 8.25. The SMILES string of the molecule is Cn1c(=O)cc2n(c1=O)CC[C@@H]2N. The minimum atomic E-state index is -0.284. The third kappa shape index (κ3) is 1.04. The van der Waals surface area contributed by atoms with E-state index in [1.54, 1.807) is 4.57 Å². The first-order valence-corrected chi connectivity index (χ1v) is 4.17. The van der Waals surface area contributed by atoms with E-state index in [4.69, 9.17) is 5.73 Å². The van der Waals surface area contributed by atoms with E-state index < -0.39 is 0 Å². The molecule has 0 radical (unpaired) electrons. The Morgan fingerprint density at radius 2 is 2.23 bits per heavy atom. The molecule has 1 aliphatic heterocycles. The fourth-order valence-electron chi connectivity index (χ4n) is 1.64. The van der Waals surface area contributed by atoms with Crippen LogP contribution in [0.15, 0.2) is 15.7 Å². The molecule has 0 spiro atoms. The third-order valence-corrected chi connectivity index (χ3v) is 2.48. The second-order valence-electron chi connectivity index (χ2n) is 3.30. The Labute approximate surface area is 74.4 Å². The maximum atomic E-state index is 11.5. The Hall–Kier alpha value is -1.36. The average Bonchev–Trinajstić information content (AvgIpc) is 2.45. The van der Waals surface area contributed by atoms with Gasteiger partial charge in [-0.05, 0) is 6.42 Å². The van der Waals surface area contributed by atoms with Crippen LogP contribution >= 0.6 is 0 Å². The van der Waals surface area contributed by atoms with Crippen molar-refractivity contribution in [2.75, 3.05) is 0 Å². The second-order valence-corrected chi connectivity index (χ2v) is 3.30. The summed E-state index contributed by atoms with van der Waals surface area (Å²) in [5.74, 6) is 0. The van der Waals surface area contributed by atoms with Gasteiger partial charge in [0.1, 0.15) is 0 Å². The van der Waals surface area contributed by atoms with Gasteiger partial charge in [0.15, 0.2) is 0 Å².